The summed E-state index contributed by atoms with van der Waals surface area (Å²) in [7, 11) is 0. The average molecular weight is 275 g/mol. The molecule has 0 spiro atoms. The van der Waals surface area contributed by atoms with Crippen molar-refractivity contribution in [1.29, 1.82) is 0 Å². The monoisotopic (exact) mass is 275 g/mol. The summed E-state index contributed by atoms with van der Waals surface area (Å²) in [5.41, 5.74) is 8.12. The van der Waals surface area contributed by atoms with Crippen LogP contribution in [0.5, 0.6) is 0 Å². The summed E-state index contributed by atoms with van der Waals surface area (Å²) in [5.74, 6) is 1.04. The van der Waals surface area contributed by atoms with Crippen molar-refractivity contribution in [3.8, 4) is 0 Å². The van der Waals surface area contributed by atoms with E-state index < -0.39 is 5.60 Å². The van der Waals surface area contributed by atoms with Gasteiger partial charge in [0.1, 0.15) is 0 Å². The van der Waals surface area contributed by atoms with Gasteiger partial charge in [-0.3, -0.25) is 0 Å². The molecule has 20 heavy (non-hydrogen) atoms. The van der Waals surface area contributed by atoms with E-state index in [9.17, 15) is 5.11 Å². The highest BCUT2D eigenvalue weighted by molar-refractivity contribution is 5.31. The molecule has 0 saturated heterocycles. The number of aryl methyl sites for hydroxylation is 2. The largest absolute Gasteiger partial charge is 0.388 e. The van der Waals surface area contributed by atoms with E-state index in [1.807, 2.05) is 0 Å². The molecule has 0 aliphatic carbocycles. The minimum absolute atomic E-state index is 0.155. The van der Waals surface area contributed by atoms with Crippen LogP contribution in [0.1, 0.15) is 35.3 Å². The van der Waals surface area contributed by atoms with Crippen LogP contribution in [0.15, 0.2) is 22.7 Å². The smallest absolute Gasteiger partial charge is 0.229 e. The molecule has 108 valence electrons. The minimum atomic E-state index is -1.01. The molecule has 0 saturated carbocycles. The molecule has 0 aliphatic heterocycles. The van der Waals surface area contributed by atoms with Crippen molar-refractivity contribution in [2.45, 2.75) is 39.2 Å². The molecule has 5 nitrogen and oxygen atoms in total. The lowest BCUT2D eigenvalue weighted by Crippen LogP contribution is -2.36. The first-order valence-corrected chi connectivity index (χ1v) is 6.70. The van der Waals surface area contributed by atoms with Gasteiger partial charge in [-0.25, -0.2) is 0 Å². The maximum absolute atomic E-state index is 9.89. The molecule has 1 aromatic heterocycles. The van der Waals surface area contributed by atoms with Crippen molar-refractivity contribution in [2.75, 3.05) is 6.54 Å². The molecule has 1 aromatic carbocycles. The normalized spacial score (nSPS) is 14.2. The third-order valence-corrected chi connectivity index (χ3v) is 3.42. The summed E-state index contributed by atoms with van der Waals surface area (Å²) < 4.78 is 5.15. The van der Waals surface area contributed by atoms with Gasteiger partial charge in [-0.1, -0.05) is 23.4 Å². The van der Waals surface area contributed by atoms with Crippen molar-refractivity contribution in [1.82, 2.24) is 10.1 Å². The van der Waals surface area contributed by atoms with Crippen LogP contribution in [-0.4, -0.2) is 27.4 Å². The zero-order chi connectivity index (χ0) is 14.8. The van der Waals surface area contributed by atoms with E-state index in [0.29, 0.717) is 18.1 Å². The molecule has 1 heterocycles. The van der Waals surface area contributed by atoms with E-state index in [1.54, 1.807) is 6.92 Å². The van der Waals surface area contributed by atoms with E-state index in [-0.39, 0.29) is 13.0 Å². The van der Waals surface area contributed by atoms with Crippen molar-refractivity contribution < 1.29 is 9.63 Å². The Bertz CT molecular complexity index is 591. The molecular formula is C15H21N3O2. The van der Waals surface area contributed by atoms with E-state index in [4.69, 9.17) is 10.3 Å². The number of hydrogen-bond acceptors (Lipinski definition) is 5. The number of rotatable bonds is 5. The van der Waals surface area contributed by atoms with E-state index in [0.717, 1.165) is 5.56 Å². The Hall–Kier alpha value is -1.72. The molecule has 1 unspecified atom stereocenters. The van der Waals surface area contributed by atoms with Gasteiger partial charge in [0.25, 0.3) is 0 Å². The van der Waals surface area contributed by atoms with Crippen LogP contribution in [0.25, 0.3) is 0 Å². The van der Waals surface area contributed by atoms with Gasteiger partial charge in [0.05, 0.1) is 12.0 Å². The summed E-state index contributed by atoms with van der Waals surface area (Å²) in [6.07, 6.45) is 0.888. The van der Waals surface area contributed by atoms with Gasteiger partial charge in [-0.15, -0.1) is 0 Å². The van der Waals surface area contributed by atoms with E-state index in [2.05, 4.69) is 42.2 Å². The fraction of sp³-hybridized carbons (Fsp3) is 0.467. The van der Waals surface area contributed by atoms with Crippen molar-refractivity contribution in [3.05, 3.63) is 46.6 Å². The Balaban J connectivity index is 2.07. The molecule has 0 bridgehead atoms. The highest BCUT2D eigenvalue weighted by Gasteiger charge is 2.22. The molecule has 0 radical (unpaired) electrons. The lowest BCUT2D eigenvalue weighted by Gasteiger charge is -2.17. The van der Waals surface area contributed by atoms with Crippen LogP contribution in [0, 0.1) is 13.8 Å². The molecular weight excluding hydrogens is 254 g/mol. The van der Waals surface area contributed by atoms with Gasteiger partial charge in [0.2, 0.25) is 5.89 Å². The van der Waals surface area contributed by atoms with Crippen molar-refractivity contribution in [3.63, 3.8) is 0 Å². The van der Waals surface area contributed by atoms with Crippen LogP contribution in [0.3, 0.4) is 0 Å². The van der Waals surface area contributed by atoms with E-state index in [1.165, 1.54) is 11.1 Å². The van der Waals surface area contributed by atoms with E-state index >= 15 is 0 Å². The maximum Gasteiger partial charge on any atom is 0.229 e. The Morgan fingerprint density at radius 3 is 2.70 bits per heavy atom. The predicted molar refractivity (Wildman–Crippen MR) is 76.4 cm³/mol. The summed E-state index contributed by atoms with van der Waals surface area (Å²) >= 11 is 0. The number of nitrogens with two attached hydrogens (primary N) is 1. The minimum Gasteiger partial charge on any atom is -0.388 e. The fourth-order valence-electron chi connectivity index (χ4n) is 1.93. The third kappa shape index (κ3) is 3.65. The van der Waals surface area contributed by atoms with Crippen molar-refractivity contribution in [2.24, 2.45) is 5.73 Å². The molecule has 3 N–H and O–H groups in total. The van der Waals surface area contributed by atoms with Crippen LogP contribution >= 0.6 is 0 Å². The first-order chi connectivity index (χ1) is 9.39. The Kier molecular flexibility index (Phi) is 4.20. The predicted octanol–water partition coefficient (Wildman–Crippen LogP) is 1.53. The lowest BCUT2D eigenvalue weighted by atomic mass is 10.0. The first-order valence-electron chi connectivity index (χ1n) is 6.70. The average Bonchev–Trinajstić information content (AvgIpc) is 2.80. The number of hydrogen-bond donors (Lipinski definition) is 2. The highest BCUT2D eigenvalue weighted by Crippen LogP contribution is 2.14. The van der Waals surface area contributed by atoms with Crippen LogP contribution in [-0.2, 0) is 12.8 Å². The Labute approximate surface area is 118 Å². The molecule has 0 aliphatic rings. The maximum atomic E-state index is 9.89. The van der Waals surface area contributed by atoms with Crippen LogP contribution < -0.4 is 5.73 Å². The summed E-state index contributed by atoms with van der Waals surface area (Å²) in [6, 6.07) is 6.28. The van der Waals surface area contributed by atoms with Gasteiger partial charge in [-0.2, -0.15) is 4.98 Å². The van der Waals surface area contributed by atoms with Gasteiger partial charge < -0.3 is 15.4 Å². The number of nitrogens with zero attached hydrogens (tertiary/aromatic N) is 2. The molecule has 0 fully saturated rings. The molecule has 1 atom stereocenters. The number of benzene rings is 1. The zero-order valence-electron chi connectivity index (χ0n) is 12.2. The Morgan fingerprint density at radius 2 is 2.05 bits per heavy atom. The van der Waals surface area contributed by atoms with Gasteiger partial charge in [-0.05, 0) is 37.5 Å². The van der Waals surface area contributed by atoms with Gasteiger partial charge >= 0.3 is 0 Å². The number of aliphatic hydroxyl groups is 1. The SMILES string of the molecule is Cc1ccc(Cc2noc(CC(C)(O)CN)n2)cc1C. The topological polar surface area (TPSA) is 85.2 Å². The fourth-order valence-corrected chi connectivity index (χ4v) is 1.93. The molecule has 5 heteroatoms. The zero-order valence-corrected chi connectivity index (χ0v) is 12.2. The summed E-state index contributed by atoms with van der Waals surface area (Å²) in [5, 5.41) is 13.8. The van der Waals surface area contributed by atoms with Gasteiger partial charge in [0.15, 0.2) is 5.82 Å². The van der Waals surface area contributed by atoms with Gasteiger partial charge in [0, 0.05) is 13.0 Å². The Morgan fingerprint density at radius 1 is 1.30 bits per heavy atom. The second kappa shape index (κ2) is 5.73. The molecule has 2 aromatic rings. The lowest BCUT2D eigenvalue weighted by molar-refractivity contribution is 0.0610. The van der Waals surface area contributed by atoms with Crippen LogP contribution in [0.2, 0.25) is 0 Å². The van der Waals surface area contributed by atoms with Crippen LogP contribution in [0.4, 0.5) is 0 Å². The second-order valence-electron chi connectivity index (χ2n) is 5.58. The second-order valence-corrected chi connectivity index (χ2v) is 5.58. The first kappa shape index (κ1) is 14.7. The summed E-state index contributed by atoms with van der Waals surface area (Å²) in [6.45, 7) is 5.97. The number of aromatic nitrogens is 2. The molecule has 2 rings (SSSR count). The quantitative estimate of drug-likeness (QED) is 0.864. The standard InChI is InChI=1S/C15H21N3O2/c1-10-4-5-12(6-11(10)2)7-13-17-14(20-18-13)8-15(3,19)9-16/h4-6,19H,7-9,16H2,1-3H3. The van der Waals surface area contributed by atoms with Crippen molar-refractivity contribution >= 4 is 0 Å². The molecule has 0 amide bonds. The highest BCUT2D eigenvalue weighted by atomic mass is 16.5. The summed E-state index contributed by atoms with van der Waals surface area (Å²) in [4.78, 5) is 4.30. The third-order valence-electron chi connectivity index (χ3n) is 3.42.